The summed E-state index contributed by atoms with van der Waals surface area (Å²) in [7, 11) is 0. The molecule has 0 radical (unpaired) electrons. The first-order chi connectivity index (χ1) is 16.4. The standard InChI is InChI=1S/C29H45N3O3/c1-6-29(4,5)21-13-11-20(12-14-21)28(35)32-22-15-23(26(30)33)25(24(16-22)27(31)34)19-9-7-18(8-10-19)17(2)3/h15-21H,6-14H2,1-5H3,(H2,30,33)(H2,31,34)(H,32,35). The molecule has 0 spiro atoms. The van der Waals surface area contributed by atoms with Gasteiger partial charge in [-0.05, 0) is 98.1 Å². The molecule has 5 N–H and O–H groups in total. The lowest BCUT2D eigenvalue weighted by atomic mass is 9.67. The summed E-state index contributed by atoms with van der Waals surface area (Å²) in [5.74, 6) is 0.646. The van der Waals surface area contributed by atoms with Gasteiger partial charge in [-0.15, -0.1) is 0 Å². The van der Waals surface area contributed by atoms with Gasteiger partial charge in [-0.3, -0.25) is 14.4 Å². The van der Waals surface area contributed by atoms with E-state index in [9.17, 15) is 14.4 Å². The SMILES string of the molecule is CCC(C)(C)C1CCC(C(=O)Nc2cc(C(N)=O)c(C3CCC(C(C)C)CC3)c(C(N)=O)c2)CC1. The minimum atomic E-state index is -0.591. The number of primary amides is 2. The van der Waals surface area contributed by atoms with E-state index in [1.807, 2.05) is 0 Å². The Bertz CT molecular complexity index is 901. The molecule has 6 heteroatoms. The summed E-state index contributed by atoms with van der Waals surface area (Å²) in [4.78, 5) is 38.0. The van der Waals surface area contributed by atoms with Crippen LogP contribution in [0.4, 0.5) is 5.69 Å². The molecule has 35 heavy (non-hydrogen) atoms. The van der Waals surface area contributed by atoms with Gasteiger partial charge < -0.3 is 16.8 Å². The molecule has 3 rings (SSSR count). The third kappa shape index (κ3) is 6.25. The summed E-state index contributed by atoms with van der Waals surface area (Å²) in [5, 5.41) is 2.97. The van der Waals surface area contributed by atoms with Gasteiger partial charge in [0.1, 0.15) is 0 Å². The van der Waals surface area contributed by atoms with Crippen molar-refractivity contribution >= 4 is 23.4 Å². The van der Waals surface area contributed by atoms with E-state index in [1.54, 1.807) is 12.1 Å². The summed E-state index contributed by atoms with van der Waals surface area (Å²) >= 11 is 0. The number of benzene rings is 1. The first-order valence-electron chi connectivity index (χ1n) is 13.5. The highest BCUT2D eigenvalue weighted by atomic mass is 16.2. The van der Waals surface area contributed by atoms with Crippen molar-refractivity contribution in [3.8, 4) is 0 Å². The molecule has 194 valence electrons. The number of amides is 3. The summed E-state index contributed by atoms with van der Waals surface area (Å²) < 4.78 is 0. The molecule has 0 atom stereocenters. The highest BCUT2D eigenvalue weighted by molar-refractivity contribution is 6.04. The predicted molar refractivity (Wildman–Crippen MR) is 141 cm³/mol. The van der Waals surface area contributed by atoms with Gasteiger partial charge in [0.25, 0.3) is 0 Å². The Hall–Kier alpha value is -2.37. The smallest absolute Gasteiger partial charge is 0.249 e. The number of hydrogen-bond acceptors (Lipinski definition) is 3. The Kier molecular flexibility index (Phi) is 8.66. The zero-order valence-electron chi connectivity index (χ0n) is 22.3. The molecule has 2 saturated carbocycles. The molecule has 0 aliphatic heterocycles. The summed E-state index contributed by atoms with van der Waals surface area (Å²) in [6, 6.07) is 3.28. The van der Waals surface area contributed by atoms with E-state index in [0.717, 1.165) is 57.8 Å². The second-order valence-electron chi connectivity index (χ2n) is 11.9. The Labute approximate surface area is 211 Å². The number of nitrogens with one attached hydrogen (secondary N) is 1. The molecule has 1 aromatic carbocycles. The second kappa shape index (κ2) is 11.1. The van der Waals surface area contributed by atoms with Crippen LogP contribution in [0.2, 0.25) is 0 Å². The van der Waals surface area contributed by atoms with Crippen molar-refractivity contribution in [3.05, 3.63) is 28.8 Å². The van der Waals surface area contributed by atoms with Crippen LogP contribution in [0.25, 0.3) is 0 Å². The van der Waals surface area contributed by atoms with Crippen LogP contribution in [0.1, 0.15) is 125 Å². The quantitative estimate of drug-likeness (QED) is 0.421. The molecular formula is C29H45N3O3. The summed E-state index contributed by atoms with van der Waals surface area (Å²) in [5.41, 5.74) is 13.5. The molecule has 0 aromatic heterocycles. The minimum Gasteiger partial charge on any atom is -0.366 e. The molecular weight excluding hydrogens is 438 g/mol. The molecule has 6 nitrogen and oxygen atoms in total. The van der Waals surface area contributed by atoms with Crippen molar-refractivity contribution in [2.24, 2.45) is 40.6 Å². The van der Waals surface area contributed by atoms with Crippen LogP contribution < -0.4 is 16.8 Å². The molecule has 2 aliphatic rings. The van der Waals surface area contributed by atoms with E-state index in [1.165, 1.54) is 0 Å². The van der Waals surface area contributed by atoms with E-state index < -0.39 is 11.8 Å². The maximum Gasteiger partial charge on any atom is 0.249 e. The molecule has 2 aliphatic carbocycles. The van der Waals surface area contributed by atoms with Crippen molar-refractivity contribution < 1.29 is 14.4 Å². The van der Waals surface area contributed by atoms with Gasteiger partial charge >= 0.3 is 0 Å². The molecule has 0 saturated heterocycles. The van der Waals surface area contributed by atoms with Crippen molar-refractivity contribution in [2.45, 2.75) is 98.3 Å². The van der Waals surface area contributed by atoms with Crippen LogP contribution in [0.3, 0.4) is 0 Å². The van der Waals surface area contributed by atoms with Crippen LogP contribution in [0.15, 0.2) is 12.1 Å². The van der Waals surface area contributed by atoms with Gasteiger partial charge in [0.05, 0.1) is 0 Å². The van der Waals surface area contributed by atoms with Gasteiger partial charge in [0.15, 0.2) is 0 Å². The monoisotopic (exact) mass is 483 g/mol. The third-order valence-corrected chi connectivity index (χ3v) is 9.22. The fraction of sp³-hybridized carbons (Fsp3) is 0.690. The van der Waals surface area contributed by atoms with Crippen LogP contribution in [0, 0.1) is 29.1 Å². The van der Waals surface area contributed by atoms with Crippen LogP contribution >= 0.6 is 0 Å². The fourth-order valence-electron chi connectivity index (χ4n) is 6.32. The normalized spacial score (nSPS) is 25.3. The van der Waals surface area contributed by atoms with Crippen molar-refractivity contribution in [1.82, 2.24) is 0 Å². The lowest BCUT2D eigenvalue weighted by Gasteiger charge is -2.38. The highest BCUT2D eigenvalue weighted by Crippen LogP contribution is 2.43. The molecule has 2 fully saturated rings. The van der Waals surface area contributed by atoms with E-state index in [4.69, 9.17) is 11.5 Å². The predicted octanol–water partition coefficient (Wildman–Crippen LogP) is 6.00. The maximum atomic E-state index is 13.1. The van der Waals surface area contributed by atoms with Crippen molar-refractivity contribution in [1.29, 1.82) is 0 Å². The molecule has 3 amide bonds. The molecule has 1 aromatic rings. The van der Waals surface area contributed by atoms with E-state index >= 15 is 0 Å². The molecule has 0 heterocycles. The number of anilines is 1. The lowest BCUT2D eigenvalue weighted by Crippen LogP contribution is -2.32. The first kappa shape index (κ1) is 27.2. The Morgan fingerprint density at radius 3 is 1.86 bits per heavy atom. The number of carbonyl (C=O) groups is 3. The minimum absolute atomic E-state index is 0.0613. The van der Waals surface area contributed by atoms with E-state index in [2.05, 4.69) is 39.9 Å². The van der Waals surface area contributed by atoms with Gasteiger partial charge in [-0.25, -0.2) is 0 Å². The Morgan fingerprint density at radius 1 is 0.914 bits per heavy atom. The number of nitrogens with two attached hydrogens (primary N) is 2. The van der Waals surface area contributed by atoms with Crippen LogP contribution in [-0.2, 0) is 4.79 Å². The number of rotatable bonds is 8. The average Bonchev–Trinajstić information content (AvgIpc) is 2.83. The van der Waals surface area contributed by atoms with Crippen LogP contribution in [-0.4, -0.2) is 17.7 Å². The van der Waals surface area contributed by atoms with Crippen LogP contribution in [0.5, 0.6) is 0 Å². The van der Waals surface area contributed by atoms with Gasteiger partial charge in [0.2, 0.25) is 17.7 Å². The summed E-state index contributed by atoms with van der Waals surface area (Å²) in [6.45, 7) is 11.3. The van der Waals surface area contributed by atoms with Gasteiger partial charge in [-0.2, -0.15) is 0 Å². The first-order valence-corrected chi connectivity index (χ1v) is 13.5. The topological polar surface area (TPSA) is 115 Å². The largest absolute Gasteiger partial charge is 0.366 e. The Morgan fingerprint density at radius 2 is 1.43 bits per heavy atom. The molecule has 0 unspecified atom stereocenters. The van der Waals surface area contributed by atoms with Gasteiger partial charge in [-0.1, -0.05) is 41.0 Å². The van der Waals surface area contributed by atoms with Gasteiger partial charge in [0, 0.05) is 22.7 Å². The van der Waals surface area contributed by atoms with E-state index in [-0.39, 0.29) is 17.7 Å². The highest BCUT2D eigenvalue weighted by Gasteiger charge is 2.35. The second-order valence-corrected chi connectivity index (χ2v) is 11.9. The number of hydrogen-bond donors (Lipinski definition) is 3. The van der Waals surface area contributed by atoms with Crippen molar-refractivity contribution in [2.75, 3.05) is 5.32 Å². The fourth-order valence-corrected chi connectivity index (χ4v) is 6.32. The zero-order chi connectivity index (χ0) is 25.9. The summed E-state index contributed by atoms with van der Waals surface area (Å²) in [6.07, 6.45) is 8.80. The maximum absolute atomic E-state index is 13.1. The lowest BCUT2D eigenvalue weighted by molar-refractivity contribution is -0.121. The Balaban J connectivity index is 1.80. The van der Waals surface area contributed by atoms with Crippen molar-refractivity contribution in [3.63, 3.8) is 0 Å². The molecule has 0 bridgehead atoms. The number of carbonyl (C=O) groups excluding carboxylic acids is 3. The van der Waals surface area contributed by atoms with E-state index in [0.29, 0.717) is 45.5 Å². The average molecular weight is 484 g/mol. The third-order valence-electron chi connectivity index (χ3n) is 9.22. The zero-order valence-corrected chi connectivity index (χ0v) is 22.3.